The molecule has 1 unspecified atom stereocenters. The molecule has 1 N–H and O–H groups in total. The van der Waals surface area contributed by atoms with Gasteiger partial charge in [-0.15, -0.1) is 0 Å². The van der Waals surface area contributed by atoms with Gasteiger partial charge in [0.15, 0.2) is 0 Å². The highest BCUT2D eigenvalue weighted by molar-refractivity contribution is 5.95. The minimum Gasteiger partial charge on any atom is -0.387 e. The third-order valence-corrected chi connectivity index (χ3v) is 11.6. The van der Waals surface area contributed by atoms with E-state index in [0.717, 1.165) is 13.0 Å². The summed E-state index contributed by atoms with van der Waals surface area (Å²) >= 11 is 0. The Kier molecular flexibility index (Phi) is 8.65. The van der Waals surface area contributed by atoms with E-state index in [4.69, 9.17) is 0 Å². The van der Waals surface area contributed by atoms with Crippen LogP contribution in [0.25, 0.3) is 66.8 Å². The Bertz CT molecular complexity index is 2850. The van der Waals surface area contributed by atoms with Crippen LogP contribution in [0.15, 0.2) is 205 Å². The predicted octanol–water partition coefficient (Wildman–Crippen LogP) is 13.7. The average Bonchev–Trinajstić information content (AvgIpc) is 3.59. The van der Waals surface area contributed by atoms with Crippen LogP contribution in [-0.2, 0) is 6.54 Å². The molecule has 56 heavy (non-hydrogen) atoms. The van der Waals surface area contributed by atoms with Crippen LogP contribution in [0.4, 0.5) is 0 Å². The molecule has 1 atom stereocenters. The van der Waals surface area contributed by atoms with Crippen molar-refractivity contribution < 1.29 is 0 Å². The summed E-state index contributed by atoms with van der Waals surface area (Å²) in [4.78, 5) is 0. The molecule has 10 rings (SSSR count). The molecule has 0 bridgehead atoms. The largest absolute Gasteiger partial charge is 0.387 e. The van der Waals surface area contributed by atoms with Gasteiger partial charge in [0.25, 0.3) is 0 Å². The normalized spacial score (nSPS) is 17.8. The fourth-order valence-corrected chi connectivity index (χ4v) is 8.87. The average molecular weight is 719 g/mol. The Labute approximate surface area is 329 Å². The molecular formula is C54H42N2. The summed E-state index contributed by atoms with van der Waals surface area (Å²) < 4.78 is 2.38. The zero-order valence-electron chi connectivity index (χ0n) is 31.5. The van der Waals surface area contributed by atoms with Gasteiger partial charge in [0.1, 0.15) is 0 Å². The molecule has 6 aromatic carbocycles. The Hall–Kier alpha value is -6.90. The van der Waals surface area contributed by atoms with Crippen LogP contribution in [0.1, 0.15) is 35.7 Å². The molecule has 2 nitrogen and oxygen atoms in total. The lowest BCUT2D eigenvalue weighted by molar-refractivity contribution is 0.806. The van der Waals surface area contributed by atoms with Crippen LogP contribution in [0.2, 0.25) is 0 Å². The van der Waals surface area contributed by atoms with Gasteiger partial charge in [0.2, 0.25) is 0 Å². The highest BCUT2D eigenvalue weighted by Gasteiger charge is 2.26. The van der Waals surface area contributed by atoms with E-state index in [1.54, 1.807) is 0 Å². The Balaban J connectivity index is 0.986. The summed E-state index contributed by atoms with van der Waals surface area (Å²) in [5, 5.41) is 7.27. The number of rotatable bonds is 5. The van der Waals surface area contributed by atoms with Crippen LogP contribution in [0.5, 0.6) is 0 Å². The second kappa shape index (κ2) is 14.4. The van der Waals surface area contributed by atoms with Crippen LogP contribution >= 0.6 is 0 Å². The fraction of sp³-hybridized carbons (Fsp3) is 0.0741. The molecule has 3 aliphatic rings. The van der Waals surface area contributed by atoms with E-state index in [0.29, 0.717) is 0 Å². The Morgan fingerprint density at radius 2 is 1.27 bits per heavy atom. The third kappa shape index (κ3) is 6.10. The molecule has 2 heterocycles. The van der Waals surface area contributed by atoms with E-state index in [1.807, 2.05) is 0 Å². The van der Waals surface area contributed by atoms with Crippen LogP contribution < -0.4 is 5.32 Å². The summed E-state index contributed by atoms with van der Waals surface area (Å²) in [5.41, 5.74) is 17.7. The number of hydrogen-bond acceptors (Lipinski definition) is 1. The second-order valence-corrected chi connectivity index (χ2v) is 15.0. The third-order valence-electron chi connectivity index (χ3n) is 11.6. The molecular weight excluding hydrogens is 677 g/mol. The molecule has 1 aliphatic heterocycles. The van der Waals surface area contributed by atoms with Crippen LogP contribution in [0.3, 0.4) is 0 Å². The van der Waals surface area contributed by atoms with Crippen molar-refractivity contribution in [2.75, 3.05) is 0 Å². The van der Waals surface area contributed by atoms with E-state index in [2.05, 4.69) is 217 Å². The highest BCUT2D eigenvalue weighted by Crippen LogP contribution is 2.44. The summed E-state index contributed by atoms with van der Waals surface area (Å²) in [6.45, 7) is 3.08. The first kappa shape index (κ1) is 33.7. The monoisotopic (exact) mass is 718 g/mol. The molecule has 2 heteroatoms. The van der Waals surface area contributed by atoms with Gasteiger partial charge in [-0.2, -0.15) is 0 Å². The fourth-order valence-electron chi connectivity index (χ4n) is 8.87. The topological polar surface area (TPSA) is 17.0 Å². The van der Waals surface area contributed by atoms with Gasteiger partial charge in [0, 0.05) is 29.1 Å². The molecule has 0 fully saturated rings. The number of aromatic nitrogens is 1. The number of allylic oxidation sites excluding steroid dienone is 12. The van der Waals surface area contributed by atoms with Gasteiger partial charge in [-0.1, -0.05) is 158 Å². The molecule has 0 saturated carbocycles. The first-order chi connectivity index (χ1) is 27.7. The van der Waals surface area contributed by atoms with Crippen molar-refractivity contribution in [2.24, 2.45) is 5.92 Å². The number of nitrogens with zero attached hydrogens (tertiary/aromatic N) is 1. The van der Waals surface area contributed by atoms with Crippen LogP contribution in [-0.4, -0.2) is 4.57 Å². The summed E-state index contributed by atoms with van der Waals surface area (Å²) in [6.07, 6.45) is 23.2. The van der Waals surface area contributed by atoms with E-state index < -0.39 is 0 Å². The zero-order chi connectivity index (χ0) is 37.4. The smallest absolute Gasteiger partial charge is 0.0538 e. The number of fused-ring (bicyclic) bond motifs is 5. The molecule has 0 saturated heterocycles. The quantitative estimate of drug-likeness (QED) is 0.187. The number of benzene rings is 6. The molecule has 7 aromatic rings. The number of hydrogen-bond donors (Lipinski definition) is 1. The van der Waals surface area contributed by atoms with Crippen molar-refractivity contribution in [2.45, 2.75) is 19.9 Å². The van der Waals surface area contributed by atoms with Crippen molar-refractivity contribution in [3.8, 4) is 27.9 Å². The number of para-hydroxylation sites is 1. The Morgan fingerprint density at radius 1 is 0.571 bits per heavy atom. The maximum Gasteiger partial charge on any atom is 0.0538 e. The van der Waals surface area contributed by atoms with Crippen molar-refractivity contribution >= 4 is 38.9 Å². The maximum absolute atomic E-state index is 3.45. The molecule has 268 valence electrons. The first-order valence-electron chi connectivity index (χ1n) is 19.7. The van der Waals surface area contributed by atoms with Crippen LogP contribution in [0, 0.1) is 5.92 Å². The maximum atomic E-state index is 3.45. The lowest BCUT2D eigenvalue weighted by atomic mass is 9.75. The van der Waals surface area contributed by atoms with Gasteiger partial charge < -0.3 is 9.88 Å². The summed E-state index contributed by atoms with van der Waals surface area (Å²) in [6, 6.07) is 51.3. The lowest BCUT2D eigenvalue weighted by Gasteiger charge is -2.29. The molecule has 0 radical (unpaired) electrons. The van der Waals surface area contributed by atoms with Gasteiger partial charge in [0.05, 0.1) is 11.2 Å². The zero-order valence-corrected chi connectivity index (χ0v) is 31.5. The van der Waals surface area contributed by atoms with E-state index in [-0.39, 0.29) is 5.92 Å². The number of nitrogens with one attached hydrogen (secondary N) is 1. The Morgan fingerprint density at radius 3 is 2.09 bits per heavy atom. The first-order valence-corrected chi connectivity index (χ1v) is 19.7. The second-order valence-electron chi connectivity index (χ2n) is 15.0. The van der Waals surface area contributed by atoms with E-state index in [9.17, 15) is 0 Å². The summed E-state index contributed by atoms with van der Waals surface area (Å²) in [5.74, 6) is 0.221. The standard InChI is InChI=1S/C54H42N2/c1-37-12-4-2-7-17-47(48-18-10-11-19-49(48)54(37)42-27-22-39(23-28-42)44-29-24-38-13-8-9-14-43(38)34-44)41-25-20-40(21-26-41)45-30-31-52-50(35-45)51-36-55-33-32-53(51)56(52)46-15-5-3-6-16-46/h2-18,20-35,49,55H,19,36H2,1H3/b7-2+,12-4?,47-17+,54-37?. The van der Waals surface area contributed by atoms with E-state index in [1.165, 1.54) is 94.3 Å². The predicted molar refractivity (Wildman–Crippen MR) is 238 cm³/mol. The molecule has 2 aliphatic carbocycles. The van der Waals surface area contributed by atoms with Crippen molar-refractivity contribution in [3.05, 3.63) is 228 Å². The SMILES string of the molecule is CC1=C(c2ccc(-c3ccc4ccccc4c3)cc2)C2CC=CC=C2/C(c2ccc(-c3ccc4c(c3)c3c(n4-c4ccccc4)C=CNC3)cc2)=C/C=C/C=C1. The summed E-state index contributed by atoms with van der Waals surface area (Å²) in [7, 11) is 0. The van der Waals surface area contributed by atoms with Gasteiger partial charge in [-0.05, 0) is 122 Å². The molecule has 0 amide bonds. The van der Waals surface area contributed by atoms with Gasteiger partial charge >= 0.3 is 0 Å². The van der Waals surface area contributed by atoms with Crippen molar-refractivity contribution in [1.29, 1.82) is 0 Å². The minimum absolute atomic E-state index is 0.221. The molecule has 1 aromatic heterocycles. The van der Waals surface area contributed by atoms with Gasteiger partial charge in [-0.3, -0.25) is 0 Å². The van der Waals surface area contributed by atoms with Crippen molar-refractivity contribution in [1.82, 2.24) is 9.88 Å². The minimum atomic E-state index is 0.221. The highest BCUT2D eigenvalue weighted by atomic mass is 15.0. The van der Waals surface area contributed by atoms with Gasteiger partial charge in [-0.25, -0.2) is 0 Å². The van der Waals surface area contributed by atoms with E-state index >= 15 is 0 Å². The van der Waals surface area contributed by atoms with Crippen molar-refractivity contribution in [3.63, 3.8) is 0 Å². The lowest BCUT2D eigenvalue weighted by Crippen LogP contribution is -2.12. The molecule has 0 spiro atoms.